The number of aromatic carboxylic acids is 1. The van der Waals surface area contributed by atoms with Crippen molar-refractivity contribution < 1.29 is 20.1 Å². The zero-order valence-corrected chi connectivity index (χ0v) is 18.7. The van der Waals surface area contributed by atoms with Gasteiger partial charge in [-0.15, -0.1) is 0 Å². The van der Waals surface area contributed by atoms with Crippen molar-refractivity contribution >= 4 is 5.97 Å². The van der Waals surface area contributed by atoms with Crippen LogP contribution in [-0.4, -0.2) is 22.3 Å². The number of unbranched alkanes of at least 4 members (excludes halogenated alkanes) is 11. The van der Waals surface area contributed by atoms with E-state index >= 15 is 0 Å². The highest BCUT2D eigenvalue weighted by atomic mass is 16.4. The van der Waals surface area contributed by atoms with E-state index in [1.807, 2.05) is 0 Å². The molecule has 0 saturated carbocycles. The van der Waals surface area contributed by atoms with E-state index in [4.69, 9.17) is 10.2 Å². The van der Waals surface area contributed by atoms with E-state index in [-0.39, 0.29) is 17.4 Å². The third-order valence-corrected chi connectivity index (χ3v) is 5.12. The summed E-state index contributed by atoms with van der Waals surface area (Å²) in [6.07, 6.45) is 19.0. The molecule has 0 aliphatic carbocycles. The Morgan fingerprint density at radius 2 is 1.24 bits per heavy atom. The minimum Gasteiger partial charge on any atom is -0.507 e. The second kappa shape index (κ2) is 19.8. The average Bonchev–Trinajstić information content (AvgIpc) is 2.69. The monoisotopic (exact) mass is 407 g/mol. The van der Waals surface area contributed by atoms with Crippen LogP contribution in [0.25, 0.3) is 0 Å². The van der Waals surface area contributed by atoms with Gasteiger partial charge in [-0.25, -0.2) is 9.90 Å². The summed E-state index contributed by atoms with van der Waals surface area (Å²) in [5, 5.41) is 28.7. The summed E-state index contributed by atoms with van der Waals surface area (Å²) in [6, 6.07) is 5.81. The van der Waals surface area contributed by atoms with Gasteiger partial charge in [0.1, 0.15) is 11.3 Å². The number of carbonyl (C=O) groups is 1. The van der Waals surface area contributed by atoms with Gasteiger partial charge in [-0.05, 0) is 25.0 Å². The lowest BCUT2D eigenvalue weighted by molar-refractivity contribution is 0.0691. The Morgan fingerprint density at radius 3 is 1.66 bits per heavy atom. The summed E-state index contributed by atoms with van der Waals surface area (Å²) in [7, 11) is 0. The van der Waals surface area contributed by atoms with Crippen molar-refractivity contribution in [3.8, 4) is 5.75 Å². The minimum absolute atomic E-state index is 0.0671. The van der Waals surface area contributed by atoms with Gasteiger partial charge in [-0.1, -0.05) is 109 Å². The number of carboxylic acid groups (broad SMARTS) is 1. The first-order valence-corrected chi connectivity index (χ1v) is 11.7. The molecule has 29 heavy (non-hydrogen) atoms. The van der Waals surface area contributed by atoms with Crippen molar-refractivity contribution in [2.75, 3.05) is 0 Å². The number of benzene rings is 1. The van der Waals surface area contributed by atoms with Crippen molar-refractivity contribution in [1.82, 2.24) is 0 Å². The molecule has 1 aromatic carbocycles. The predicted octanol–water partition coefficient (Wildman–Crippen LogP) is 7.77. The molecule has 0 spiro atoms. The molecule has 0 saturated heterocycles. The lowest BCUT2D eigenvalue weighted by atomic mass is 10.0. The summed E-state index contributed by atoms with van der Waals surface area (Å²) in [5.74, 6) is -1.31. The normalized spacial score (nSPS) is 11.6. The number of hydrogen-bond acceptors (Lipinski definition) is 2. The van der Waals surface area contributed by atoms with Crippen LogP contribution in [0.15, 0.2) is 24.3 Å². The fourth-order valence-electron chi connectivity index (χ4n) is 3.33. The lowest BCUT2D eigenvalue weighted by Crippen LogP contribution is -2.02. The van der Waals surface area contributed by atoms with Crippen LogP contribution in [0.4, 0.5) is 0 Å². The van der Waals surface area contributed by atoms with Gasteiger partial charge in [-0.3, -0.25) is 0 Å². The second-order valence-electron chi connectivity index (χ2n) is 7.91. The third kappa shape index (κ3) is 17.1. The minimum atomic E-state index is -1.11. The molecule has 0 aliphatic heterocycles. The maximum atomic E-state index is 11.4. The Morgan fingerprint density at radius 1 is 0.759 bits per heavy atom. The first-order chi connectivity index (χ1) is 14.0. The molecular weight excluding hydrogens is 364 g/mol. The van der Waals surface area contributed by atoms with Gasteiger partial charge in [-0.2, -0.15) is 0 Å². The zero-order valence-electron chi connectivity index (χ0n) is 18.7. The van der Waals surface area contributed by atoms with E-state index in [1.165, 1.54) is 82.8 Å². The zero-order chi connectivity index (χ0) is 21.7. The van der Waals surface area contributed by atoms with Gasteiger partial charge in [0.2, 0.25) is 0 Å². The summed E-state index contributed by atoms with van der Waals surface area (Å²) in [6.45, 7) is 4.38. The van der Waals surface area contributed by atoms with Crippen LogP contribution >= 0.6 is 0 Å². The fourth-order valence-corrected chi connectivity index (χ4v) is 3.33. The van der Waals surface area contributed by atoms with Crippen molar-refractivity contribution in [2.24, 2.45) is 0 Å². The topological polar surface area (TPSA) is 77.4 Å². The molecule has 0 heterocycles. The fraction of sp³-hybridized carbons (Fsp3) is 0.720. The Balaban J connectivity index is 0.000000651. The van der Waals surface area contributed by atoms with Crippen molar-refractivity contribution in [1.29, 1.82) is 0 Å². The largest absolute Gasteiger partial charge is 0.507 e. The molecule has 0 amide bonds. The number of phenols is 1. The molecule has 0 fully saturated rings. The number of hydrogen-bond donors (Lipinski definition) is 2. The highest BCUT2D eigenvalue weighted by Crippen LogP contribution is 2.15. The standard InChI is InChI=1S/C18H37O.C7H6O3/c1-3-5-6-7-8-9-10-11-12-13-14-15-17-18(19)16-4-2;8-6-4-2-1-3-5(6)7(9)10/h18H,3-17H2,1-2H3;1-4,8H,(H,9,10). The quantitative estimate of drug-likeness (QED) is 0.275. The summed E-state index contributed by atoms with van der Waals surface area (Å²) in [4.78, 5) is 10.3. The molecular formula is C25H43O4. The summed E-state index contributed by atoms with van der Waals surface area (Å²) >= 11 is 0. The molecule has 1 radical (unpaired) electrons. The van der Waals surface area contributed by atoms with E-state index in [9.17, 15) is 9.90 Å². The molecule has 1 unspecified atom stereocenters. The predicted molar refractivity (Wildman–Crippen MR) is 120 cm³/mol. The first kappa shape index (κ1) is 27.5. The third-order valence-electron chi connectivity index (χ3n) is 5.12. The Kier molecular flexibility index (Phi) is 18.7. The van der Waals surface area contributed by atoms with E-state index in [1.54, 1.807) is 12.1 Å². The number of aromatic hydroxyl groups is 1. The van der Waals surface area contributed by atoms with Gasteiger partial charge >= 0.3 is 5.97 Å². The van der Waals surface area contributed by atoms with E-state index in [0.29, 0.717) is 0 Å². The highest BCUT2D eigenvalue weighted by molar-refractivity contribution is 5.90. The van der Waals surface area contributed by atoms with Crippen LogP contribution in [0.1, 0.15) is 121 Å². The van der Waals surface area contributed by atoms with Crippen molar-refractivity contribution in [3.05, 3.63) is 29.8 Å². The summed E-state index contributed by atoms with van der Waals surface area (Å²) in [5.41, 5.74) is -0.0671. The van der Waals surface area contributed by atoms with Crippen LogP contribution in [-0.2, 0) is 5.11 Å². The maximum absolute atomic E-state index is 11.4. The highest BCUT2D eigenvalue weighted by Gasteiger charge is 2.06. The molecule has 4 heteroatoms. The van der Waals surface area contributed by atoms with Crippen LogP contribution in [0, 0.1) is 0 Å². The molecule has 1 atom stereocenters. The molecule has 167 valence electrons. The Labute approximate surface area is 178 Å². The van der Waals surface area contributed by atoms with Crippen LogP contribution in [0.3, 0.4) is 0 Å². The molecule has 1 aromatic rings. The average molecular weight is 408 g/mol. The summed E-state index contributed by atoms with van der Waals surface area (Å²) < 4.78 is 0. The van der Waals surface area contributed by atoms with E-state index in [0.717, 1.165) is 25.7 Å². The molecule has 4 nitrogen and oxygen atoms in total. The molecule has 0 bridgehead atoms. The number of carboxylic acids is 1. The number of para-hydroxylation sites is 1. The maximum Gasteiger partial charge on any atom is 0.339 e. The van der Waals surface area contributed by atoms with Crippen LogP contribution in [0.5, 0.6) is 5.75 Å². The molecule has 2 N–H and O–H groups in total. The van der Waals surface area contributed by atoms with Gasteiger partial charge in [0.05, 0.1) is 6.10 Å². The van der Waals surface area contributed by atoms with Gasteiger partial charge in [0, 0.05) is 0 Å². The van der Waals surface area contributed by atoms with Gasteiger partial charge in [0.25, 0.3) is 0 Å². The Hall–Kier alpha value is -1.55. The van der Waals surface area contributed by atoms with E-state index in [2.05, 4.69) is 13.8 Å². The lowest BCUT2D eigenvalue weighted by Gasteiger charge is -2.06. The van der Waals surface area contributed by atoms with Gasteiger partial charge < -0.3 is 10.2 Å². The number of rotatable bonds is 16. The van der Waals surface area contributed by atoms with E-state index < -0.39 is 5.97 Å². The SMILES string of the molecule is CCCCCCCCCCCCCCC([O])CCC.O=C(O)c1ccccc1O. The molecule has 0 aromatic heterocycles. The first-order valence-electron chi connectivity index (χ1n) is 11.7. The smallest absolute Gasteiger partial charge is 0.339 e. The molecule has 1 rings (SSSR count). The van der Waals surface area contributed by atoms with Crippen molar-refractivity contribution in [2.45, 2.75) is 116 Å². The second-order valence-corrected chi connectivity index (χ2v) is 7.91. The molecule has 0 aliphatic rings. The van der Waals surface area contributed by atoms with Crippen molar-refractivity contribution in [3.63, 3.8) is 0 Å². The Bertz CT molecular complexity index is 501. The van der Waals surface area contributed by atoms with Gasteiger partial charge in [0.15, 0.2) is 0 Å². The van der Waals surface area contributed by atoms with Crippen LogP contribution < -0.4 is 0 Å². The van der Waals surface area contributed by atoms with Crippen LogP contribution in [0.2, 0.25) is 0 Å².